The molecule has 1 unspecified atom stereocenters. The summed E-state index contributed by atoms with van der Waals surface area (Å²) in [6, 6.07) is 10.6. The van der Waals surface area contributed by atoms with Gasteiger partial charge in [0.05, 0.1) is 18.4 Å². The third-order valence-corrected chi connectivity index (χ3v) is 9.67. The van der Waals surface area contributed by atoms with Crippen LogP contribution in [0.25, 0.3) is 11.0 Å². The van der Waals surface area contributed by atoms with Gasteiger partial charge in [-0.15, -0.1) is 4.37 Å². The molecule has 1 saturated carbocycles. The largest absolute Gasteiger partial charge is 0.466 e. The van der Waals surface area contributed by atoms with Gasteiger partial charge in [-0.1, -0.05) is 38.1 Å². The number of rotatable bonds is 10. The molecule has 2 fully saturated rings. The third kappa shape index (κ3) is 6.58. The van der Waals surface area contributed by atoms with Gasteiger partial charge in [-0.3, -0.25) is 14.7 Å². The molecule has 0 bridgehead atoms. The van der Waals surface area contributed by atoms with Crippen molar-refractivity contribution in [3.8, 4) is 6.01 Å². The second-order valence-corrected chi connectivity index (χ2v) is 13.3. The smallest absolute Gasteiger partial charge is 0.329 e. The zero-order valence-electron chi connectivity index (χ0n) is 26.3. The summed E-state index contributed by atoms with van der Waals surface area (Å²) in [6.45, 7) is 7.76. The van der Waals surface area contributed by atoms with E-state index in [0.717, 1.165) is 53.2 Å². The number of urea groups is 1. The highest BCUT2D eigenvalue weighted by molar-refractivity contribution is 7.10. The Bertz CT molecular complexity index is 1640. The molecule has 4 atom stereocenters. The zero-order valence-corrected chi connectivity index (χ0v) is 27.2. The predicted molar refractivity (Wildman–Crippen MR) is 172 cm³/mol. The molecule has 4 aromatic rings. The summed E-state index contributed by atoms with van der Waals surface area (Å²) in [4.78, 5) is 43.2. The van der Waals surface area contributed by atoms with E-state index in [4.69, 9.17) is 9.47 Å². The molecule has 2 amide bonds. The standard InChI is InChI=1S/C32H40N8O4S/c1-19(2)12-21-6-8-22(9-7-21)20(3)29(41)44-18-39-11-10-26-27(33-17-34-28(26)39)38(4)25-13-23-15-40(16-24(23)14-25)32(42)36-31-35-30(43-5)37-45-31/h6-11,17,19-20,23-25H,12-16,18H2,1-5H3,(H,35,36,37,42)/t20-,23-,24+,25?/m1/s1. The molecule has 3 aromatic heterocycles. The van der Waals surface area contributed by atoms with E-state index < -0.39 is 0 Å². The molecule has 6 rings (SSSR count). The first kappa shape index (κ1) is 30.8. The molecule has 2 aliphatic rings. The molecule has 13 heteroatoms. The number of hydrogen-bond acceptors (Lipinski definition) is 10. The molecule has 238 valence electrons. The summed E-state index contributed by atoms with van der Waals surface area (Å²) in [7, 11) is 3.57. The lowest BCUT2D eigenvalue weighted by Crippen LogP contribution is -2.36. The topological polar surface area (TPSA) is 128 Å². The van der Waals surface area contributed by atoms with E-state index in [-0.39, 0.29) is 30.7 Å². The van der Waals surface area contributed by atoms with Crippen LogP contribution in [0.4, 0.5) is 15.7 Å². The van der Waals surface area contributed by atoms with Crippen molar-refractivity contribution in [1.82, 2.24) is 28.8 Å². The van der Waals surface area contributed by atoms with Crippen molar-refractivity contribution in [2.45, 2.75) is 58.7 Å². The number of ether oxygens (including phenoxy) is 2. The van der Waals surface area contributed by atoms with Crippen molar-refractivity contribution in [3.63, 3.8) is 0 Å². The van der Waals surface area contributed by atoms with Gasteiger partial charge in [0.1, 0.15) is 17.8 Å². The van der Waals surface area contributed by atoms with E-state index >= 15 is 0 Å². The summed E-state index contributed by atoms with van der Waals surface area (Å²) in [5.74, 6) is 1.63. The number of hydrogen-bond donors (Lipinski definition) is 1. The molecule has 1 aliphatic carbocycles. The molecular formula is C32H40N8O4S. The molecule has 1 aromatic carbocycles. The molecule has 12 nitrogen and oxygen atoms in total. The molecule has 0 radical (unpaired) electrons. The maximum Gasteiger partial charge on any atom is 0.329 e. The Labute approximate surface area is 266 Å². The van der Waals surface area contributed by atoms with Crippen LogP contribution in [0.1, 0.15) is 50.7 Å². The van der Waals surface area contributed by atoms with E-state index in [2.05, 4.69) is 62.6 Å². The van der Waals surface area contributed by atoms with Crippen LogP contribution in [-0.2, 0) is 22.7 Å². The molecule has 0 spiro atoms. The molecule has 4 heterocycles. The monoisotopic (exact) mass is 632 g/mol. The summed E-state index contributed by atoms with van der Waals surface area (Å²) < 4.78 is 16.6. The number of benzene rings is 1. The van der Waals surface area contributed by atoms with Crippen LogP contribution in [-0.4, -0.2) is 74.1 Å². The van der Waals surface area contributed by atoms with Crippen molar-refractivity contribution < 1.29 is 19.1 Å². The fourth-order valence-electron chi connectivity index (χ4n) is 6.62. The molecule has 1 saturated heterocycles. The van der Waals surface area contributed by atoms with Gasteiger partial charge in [-0.2, -0.15) is 4.98 Å². The number of aromatic nitrogens is 5. The number of fused-ring (bicyclic) bond motifs is 2. The van der Waals surface area contributed by atoms with Gasteiger partial charge in [-0.25, -0.2) is 14.8 Å². The van der Waals surface area contributed by atoms with E-state index in [0.29, 0.717) is 42.0 Å². The van der Waals surface area contributed by atoms with Crippen molar-refractivity contribution in [1.29, 1.82) is 0 Å². The quantitative estimate of drug-likeness (QED) is 0.236. The Kier molecular flexibility index (Phi) is 8.88. The van der Waals surface area contributed by atoms with Crippen molar-refractivity contribution >= 4 is 45.5 Å². The highest BCUT2D eigenvalue weighted by atomic mass is 32.1. The normalized spacial score (nSPS) is 20.0. The number of carbonyl (C=O) groups is 2. The highest BCUT2D eigenvalue weighted by Gasteiger charge is 2.44. The maximum atomic E-state index is 12.9. The fourth-order valence-corrected chi connectivity index (χ4v) is 7.15. The molecular weight excluding hydrogens is 592 g/mol. The molecule has 45 heavy (non-hydrogen) atoms. The Balaban J connectivity index is 1.04. The van der Waals surface area contributed by atoms with E-state index in [1.54, 1.807) is 6.33 Å². The number of methoxy groups -OCH3 is 1. The van der Waals surface area contributed by atoms with E-state index in [1.807, 2.05) is 40.8 Å². The van der Waals surface area contributed by atoms with Crippen LogP contribution in [0.15, 0.2) is 42.9 Å². The van der Waals surface area contributed by atoms with Gasteiger partial charge in [0.2, 0.25) is 5.13 Å². The van der Waals surface area contributed by atoms with Crippen LogP contribution < -0.4 is 15.0 Å². The first-order valence-corrected chi connectivity index (χ1v) is 16.2. The van der Waals surface area contributed by atoms with Gasteiger partial charge in [0.15, 0.2) is 6.73 Å². The van der Waals surface area contributed by atoms with Gasteiger partial charge in [0, 0.05) is 43.9 Å². The minimum atomic E-state index is -0.368. The molecule has 1 N–H and O–H groups in total. The summed E-state index contributed by atoms with van der Waals surface area (Å²) >= 11 is 1.10. The minimum absolute atomic E-state index is 0.0770. The lowest BCUT2D eigenvalue weighted by atomic mass is 9.97. The number of esters is 1. The number of amides is 2. The maximum absolute atomic E-state index is 12.9. The van der Waals surface area contributed by atoms with Crippen molar-refractivity contribution in [2.75, 3.05) is 37.5 Å². The highest BCUT2D eigenvalue weighted by Crippen LogP contribution is 2.41. The van der Waals surface area contributed by atoms with Crippen molar-refractivity contribution in [2.24, 2.45) is 17.8 Å². The number of anilines is 2. The van der Waals surface area contributed by atoms with Crippen LogP contribution in [0, 0.1) is 17.8 Å². The van der Waals surface area contributed by atoms with Gasteiger partial charge < -0.3 is 19.3 Å². The second-order valence-electron chi connectivity index (χ2n) is 12.6. The zero-order chi connectivity index (χ0) is 31.7. The Hall–Kier alpha value is -4.26. The van der Waals surface area contributed by atoms with Gasteiger partial charge in [0.25, 0.3) is 0 Å². The third-order valence-electron chi connectivity index (χ3n) is 9.06. The average molecular weight is 633 g/mol. The first-order chi connectivity index (χ1) is 21.7. The minimum Gasteiger partial charge on any atom is -0.466 e. The lowest BCUT2D eigenvalue weighted by Gasteiger charge is -2.28. The van der Waals surface area contributed by atoms with E-state index in [9.17, 15) is 9.59 Å². The van der Waals surface area contributed by atoms with Gasteiger partial charge >= 0.3 is 18.0 Å². The predicted octanol–water partition coefficient (Wildman–Crippen LogP) is 5.17. The Morgan fingerprint density at radius 3 is 2.49 bits per heavy atom. The Morgan fingerprint density at radius 1 is 1.09 bits per heavy atom. The van der Waals surface area contributed by atoms with E-state index in [1.165, 1.54) is 12.7 Å². The number of nitrogens with one attached hydrogen (secondary N) is 1. The fraction of sp³-hybridized carbons (Fsp3) is 0.500. The van der Waals surface area contributed by atoms with Crippen LogP contribution in [0.3, 0.4) is 0 Å². The Morgan fingerprint density at radius 2 is 1.82 bits per heavy atom. The van der Waals surface area contributed by atoms with Crippen LogP contribution in [0.5, 0.6) is 6.01 Å². The van der Waals surface area contributed by atoms with Crippen LogP contribution in [0.2, 0.25) is 0 Å². The first-order valence-electron chi connectivity index (χ1n) is 15.4. The summed E-state index contributed by atoms with van der Waals surface area (Å²) in [5, 5.41) is 4.19. The van der Waals surface area contributed by atoms with Crippen LogP contribution >= 0.6 is 11.5 Å². The summed E-state index contributed by atoms with van der Waals surface area (Å²) in [6.07, 6.45) is 6.41. The number of likely N-dealkylation sites (tertiary alicyclic amines) is 1. The van der Waals surface area contributed by atoms with Gasteiger partial charge in [-0.05, 0) is 61.1 Å². The SMILES string of the molecule is COc1nsc(NC(=O)N2C[C@H]3CC(N(C)c4ncnc5c4ccn5COC(=O)[C@H](C)c4ccc(CC(C)C)cc4)C[C@H]3C2)n1. The average Bonchev–Trinajstić information content (AvgIpc) is 3.82. The number of carbonyl (C=O) groups excluding carboxylic acids is 2. The molecule has 1 aliphatic heterocycles. The second kappa shape index (κ2) is 13.0. The number of nitrogens with zero attached hydrogens (tertiary/aromatic N) is 7. The summed E-state index contributed by atoms with van der Waals surface area (Å²) in [5.41, 5.74) is 2.93. The lowest BCUT2D eigenvalue weighted by molar-refractivity contribution is -0.148. The van der Waals surface area contributed by atoms with Crippen molar-refractivity contribution in [3.05, 3.63) is 54.0 Å².